The Hall–Kier alpha value is -2.15. The number of carbonyl (C=O) groups is 2. The van der Waals surface area contributed by atoms with Gasteiger partial charge >= 0.3 is 12.0 Å². The molecule has 4 N–H and O–H groups in total. The average Bonchev–Trinajstić information content (AvgIpc) is 2.41. The maximum atomic E-state index is 11.8. The standard InChI is InChI=1S/C13H17N3O4/c17-11-3-1-9(2-4-11)15-13(20)16-10-5-8(12(18)19)6-14-7-10/h5-7,9,11,17H,1-4H2,(H,18,19)(H2,15,16,20). The van der Waals surface area contributed by atoms with Gasteiger partial charge in [0.1, 0.15) is 0 Å². The first-order chi connectivity index (χ1) is 9.54. The normalized spacial score (nSPS) is 22.1. The Bertz CT molecular complexity index is 498. The highest BCUT2D eigenvalue weighted by Gasteiger charge is 2.20. The van der Waals surface area contributed by atoms with Crippen LogP contribution in [0.1, 0.15) is 36.0 Å². The van der Waals surface area contributed by atoms with Crippen molar-refractivity contribution in [2.24, 2.45) is 0 Å². The molecule has 0 aromatic carbocycles. The van der Waals surface area contributed by atoms with Gasteiger partial charge in [-0.25, -0.2) is 9.59 Å². The highest BCUT2D eigenvalue weighted by Crippen LogP contribution is 2.18. The Labute approximate surface area is 116 Å². The smallest absolute Gasteiger partial charge is 0.337 e. The lowest BCUT2D eigenvalue weighted by molar-refractivity contribution is 0.0696. The molecule has 0 bridgehead atoms. The number of aromatic carboxylic acids is 1. The lowest BCUT2D eigenvalue weighted by Crippen LogP contribution is -2.40. The average molecular weight is 279 g/mol. The minimum Gasteiger partial charge on any atom is -0.478 e. The van der Waals surface area contributed by atoms with Crippen LogP contribution in [0.4, 0.5) is 10.5 Å². The predicted octanol–water partition coefficient (Wildman–Crippen LogP) is 1.20. The summed E-state index contributed by atoms with van der Waals surface area (Å²) in [6, 6.07) is 0.990. The van der Waals surface area contributed by atoms with Crippen molar-refractivity contribution in [3.05, 3.63) is 24.0 Å². The fourth-order valence-electron chi connectivity index (χ4n) is 2.20. The van der Waals surface area contributed by atoms with E-state index in [0.717, 1.165) is 12.8 Å². The zero-order valence-corrected chi connectivity index (χ0v) is 10.9. The van der Waals surface area contributed by atoms with Gasteiger partial charge in [0, 0.05) is 12.2 Å². The molecule has 7 heteroatoms. The van der Waals surface area contributed by atoms with E-state index in [1.165, 1.54) is 18.5 Å². The van der Waals surface area contributed by atoms with Gasteiger partial charge in [-0.1, -0.05) is 0 Å². The molecule has 1 fully saturated rings. The second-order valence-corrected chi connectivity index (χ2v) is 4.87. The summed E-state index contributed by atoms with van der Waals surface area (Å²) in [5.41, 5.74) is 0.349. The summed E-state index contributed by atoms with van der Waals surface area (Å²) in [5, 5.41) is 23.6. The van der Waals surface area contributed by atoms with Crippen LogP contribution in [0, 0.1) is 0 Å². The topological polar surface area (TPSA) is 112 Å². The number of pyridine rings is 1. The van der Waals surface area contributed by atoms with Crippen LogP contribution in [0.5, 0.6) is 0 Å². The summed E-state index contributed by atoms with van der Waals surface area (Å²) in [6.07, 6.45) is 5.17. The molecule has 2 amide bonds. The largest absolute Gasteiger partial charge is 0.478 e. The van der Waals surface area contributed by atoms with E-state index in [9.17, 15) is 14.7 Å². The molecule has 1 saturated carbocycles. The van der Waals surface area contributed by atoms with E-state index in [2.05, 4.69) is 15.6 Å². The molecule has 108 valence electrons. The molecular formula is C13H17N3O4. The fourth-order valence-corrected chi connectivity index (χ4v) is 2.20. The third-order valence-corrected chi connectivity index (χ3v) is 3.27. The van der Waals surface area contributed by atoms with Crippen LogP contribution < -0.4 is 10.6 Å². The molecule has 7 nitrogen and oxygen atoms in total. The van der Waals surface area contributed by atoms with Gasteiger partial charge in [0.05, 0.1) is 23.6 Å². The molecule has 0 spiro atoms. The Morgan fingerprint density at radius 2 is 1.90 bits per heavy atom. The van der Waals surface area contributed by atoms with Gasteiger partial charge in [0.25, 0.3) is 0 Å². The van der Waals surface area contributed by atoms with Crippen molar-refractivity contribution in [3.8, 4) is 0 Å². The number of nitrogens with one attached hydrogen (secondary N) is 2. The fraction of sp³-hybridized carbons (Fsp3) is 0.462. The molecule has 1 heterocycles. The number of carboxylic acid groups (broad SMARTS) is 1. The zero-order chi connectivity index (χ0) is 14.5. The quantitative estimate of drug-likeness (QED) is 0.664. The molecule has 0 aliphatic heterocycles. The third kappa shape index (κ3) is 3.92. The van der Waals surface area contributed by atoms with Crippen molar-refractivity contribution in [1.82, 2.24) is 10.3 Å². The van der Waals surface area contributed by atoms with Gasteiger partial charge in [-0.2, -0.15) is 0 Å². The zero-order valence-electron chi connectivity index (χ0n) is 10.9. The summed E-state index contributed by atoms with van der Waals surface area (Å²) in [7, 11) is 0. The molecule has 1 aromatic heterocycles. The number of hydrogen-bond donors (Lipinski definition) is 4. The van der Waals surface area contributed by atoms with Gasteiger partial charge < -0.3 is 20.8 Å². The highest BCUT2D eigenvalue weighted by molar-refractivity contribution is 5.92. The number of aliphatic hydroxyl groups is 1. The summed E-state index contributed by atoms with van der Waals surface area (Å²) < 4.78 is 0. The molecule has 1 aliphatic carbocycles. The van der Waals surface area contributed by atoms with Gasteiger partial charge in [-0.3, -0.25) is 4.98 Å². The molecule has 1 aromatic rings. The van der Waals surface area contributed by atoms with Crippen LogP contribution in [0.15, 0.2) is 18.5 Å². The molecule has 0 saturated heterocycles. The SMILES string of the molecule is O=C(Nc1cncc(C(=O)O)c1)NC1CCC(O)CC1. The van der Waals surface area contributed by atoms with Crippen LogP contribution in [0.2, 0.25) is 0 Å². The molecule has 0 atom stereocenters. The highest BCUT2D eigenvalue weighted by atomic mass is 16.4. The number of anilines is 1. The number of carbonyl (C=O) groups excluding carboxylic acids is 1. The van der Waals surface area contributed by atoms with E-state index in [0.29, 0.717) is 18.5 Å². The summed E-state index contributed by atoms with van der Waals surface area (Å²) in [4.78, 5) is 26.3. The number of carboxylic acids is 1. The first-order valence-electron chi connectivity index (χ1n) is 6.48. The lowest BCUT2D eigenvalue weighted by Gasteiger charge is -2.26. The number of rotatable bonds is 3. The van der Waals surface area contributed by atoms with Crippen LogP contribution in [0.3, 0.4) is 0 Å². The number of aromatic nitrogens is 1. The second kappa shape index (κ2) is 6.33. The van der Waals surface area contributed by atoms with Crippen molar-refractivity contribution in [3.63, 3.8) is 0 Å². The predicted molar refractivity (Wildman–Crippen MR) is 71.6 cm³/mol. The maximum absolute atomic E-state index is 11.8. The summed E-state index contributed by atoms with van der Waals surface area (Å²) in [6.45, 7) is 0. The van der Waals surface area contributed by atoms with E-state index in [-0.39, 0.29) is 17.7 Å². The van der Waals surface area contributed by atoms with Crippen LogP contribution >= 0.6 is 0 Å². The number of amides is 2. The second-order valence-electron chi connectivity index (χ2n) is 4.87. The molecule has 2 rings (SSSR count). The number of hydrogen-bond acceptors (Lipinski definition) is 4. The third-order valence-electron chi connectivity index (χ3n) is 3.27. The summed E-state index contributed by atoms with van der Waals surface area (Å²) >= 11 is 0. The molecular weight excluding hydrogens is 262 g/mol. The van der Waals surface area contributed by atoms with Gasteiger partial charge in [0.15, 0.2) is 0 Å². The lowest BCUT2D eigenvalue weighted by atomic mass is 9.93. The van der Waals surface area contributed by atoms with E-state index in [1.807, 2.05) is 0 Å². The van der Waals surface area contributed by atoms with E-state index in [4.69, 9.17) is 5.11 Å². The van der Waals surface area contributed by atoms with E-state index >= 15 is 0 Å². The van der Waals surface area contributed by atoms with Gasteiger partial charge in [-0.15, -0.1) is 0 Å². The number of urea groups is 1. The molecule has 0 unspecified atom stereocenters. The van der Waals surface area contributed by atoms with Crippen molar-refractivity contribution < 1.29 is 19.8 Å². The van der Waals surface area contributed by atoms with Crippen molar-refractivity contribution in [2.75, 3.05) is 5.32 Å². The minimum atomic E-state index is -1.09. The maximum Gasteiger partial charge on any atom is 0.337 e. The van der Waals surface area contributed by atoms with Crippen LogP contribution in [0.25, 0.3) is 0 Å². The van der Waals surface area contributed by atoms with Gasteiger partial charge in [0.2, 0.25) is 0 Å². The van der Waals surface area contributed by atoms with Crippen LogP contribution in [-0.4, -0.2) is 39.3 Å². The van der Waals surface area contributed by atoms with E-state index in [1.54, 1.807) is 0 Å². The van der Waals surface area contributed by atoms with Crippen molar-refractivity contribution in [1.29, 1.82) is 0 Å². The Morgan fingerprint density at radius 1 is 1.20 bits per heavy atom. The molecule has 20 heavy (non-hydrogen) atoms. The summed E-state index contributed by atoms with van der Waals surface area (Å²) in [5.74, 6) is -1.09. The van der Waals surface area contributed by atoms with Crippen molar-refractivity contribution >= 4 is 17.7 Å². The Balaban J connectivity index is 1.88. The van der Waals surface area contributed by atoms with Crippen molar-refractivity contribution in [2.45, 2.75) is 37.8 Å². The Morgan fingerprint density at radius 3 is 2.55 bits per heavy atom. The van der Waals surface area contributed by atoms with E-state index < -0.39 is 12.0 Å². The first-order valence-corrected chi connectivity index (χ1v) is 6.48. The first kappa shape index (κ1) is 14.3. The molecule has 0 radical (unpaired) electrons. The Kier molecular flexibility index (Phi) is 4.52. The van der Waals surface area contributed by atoms with Crippen LogP contribution in [-0.2, 0) is 0 Å². The number of nitrogens with zero attached hydrogens (tertiary/aromatic N) is 1. The van der Waals surface area contributed by atoms with Gasteiger partial charge in [-0.05, 0) is 31.7 Å². The minimum absolute atomic E-state index is 0.0172. The monoisotopic (exact) mass is 279 g/mol. The number of aliphatic hydroxyl groups excluding tert-OH is 1. The molecule has 1 aliphatic rings.